The van der Waals surface area contributed by atoms with E-state index in [1.807, 2.05) is 12.5 Å². The van der Waals surface area contributed by atoms with Crippen molar-refractivity contribution in [1.29, 1.82) is 0 Å². The lowest BCUT2D eigenvalue weighted by Gasteiger charge is -2.40. The topological polar surface area (TPSA) is 44.5 Å². The molecule has 2 aromatic rings. The summed E-state index contributed by atoms with van der Waals surface area (Å²) in [6, 6.07) is 8.77. The fourth-order valence-corrected chi connectivity index (χ4v) is 4.39. The van der Waals surface area contributed by atoms with Gasteiger partial charge >= 0.3 is 0 Å². The van der Waals surface area contributed by atoms with Gasteiger partial charge < -0.3 is 14.6 Å². The van der Waals surface area contributed by atoms with E-state index in [4.69, 9.17) is 0 Å². The van der Waals surface area contributed by atoms with Crippen LogP contribution in [0.1, 0.15) is 24.1 Å². The van der Waals surface area contributed by atoms with Crippen LogP contribution in [-0.2, 0) is 19.0 Å². The Morgan fingerprint density at radius 3 is 2.71 bits per heavy atom. The van der Waals surface area contributed by atoms with Crippen molar-refractivity contribution < 1.29 is 5.11 Å². The number of imidazole rings is 1. The molecule has 0 saturated carbocycles. The van der Waals surface area contributed by atoms with Crippen molar-refractivity contribution in [2.75, 3.05) is 37.7 Å². The van der Waals surface area contributed by atoms with Crippen molar-refractivity contribution >= 4 is 5.69 Å². The molecule has 1 aromatic heterocycles. The Morgan fingerprint density at radius 1 is 1.21 bits per heavy atom. The Kier molecular flexibility index (Phi) is 4.06. The Labute approximate surface area is 143 Å². The molecule has 24 heavy (non-hydrogen) atoms. The van der Waals surface area contributed by atoms with E-state index < -0.39 is 0 Å². The number of β-amino-alcohol motifs (C(OH)–C–C–N with tert-alkyl or cyclic N) is 1. The van der Waals surface area contributed by atoms with Gasteiger partial charge in [-0.3, -0.25) is 4.90 Å². The van der Waals surface area contributed by atoms with Crippen molar-refractivity contribution in [2.45, 2.75) is 24.8 Å². The number of anilines is 1. The molecule has 0 amide bonds. The first-order valence-corrected chi connectivity index (χ1v) is 8.85. The third-order valence-electron chi connectivity index (χ3n) is 5.79. The summed E-state index contributed by atoms with van der Waals surface area (Å²) in [6.07, 6.45) is 6.21. The SMILES string of the molecule is Cn1cncc1CN1CCC2(CC1)CN(CCO)c1ccccc12. The highest BCUT2D eigenvalue weighted by atomic mass is 16.3. The average Bonchev–Trinajstić information content (AvgIpc) is 3.13. The van der Waals surface area contributed by atoms with Crippen LogP contribution in [0, 0.1) is 0 Å². The zero-order valence-corrected chi connectivity index (χ0v) is 14.4. The number of fused-ring (bicyclic) bond motifs is 2. The van der Waals surface area contributed by atoms with Gasteiger partial charge in [0.15, 0.2) is 0 Å². The zero-order chi connectivity index (χ0) is 16.6. The van der Waals surface area contributed by atoms with Gasteiger partial charge in [-0.05, 0) is 37.6 Å². The number of rotatable bonds is 4. The number of hydrogen-bond donors (Lipinski definition) is 1. The molecule has 1 N–H and O–H groups in total. The minimum Gasteiger partial charge on any atom is -0.395 e. The molecule has 0 atom stereocenters. The van der Waals surface area contributed by atoms with E-state index in [-0.39, 0.29) is 12.0 Å². The van der Waals surface area contributed by atoms with Gasteiger partial charge in [-0.15, -0.1) is 0 Å². The Bertz CT molecular complexity index is 703. The summed E-state index contributed by atoms with van der Waals surface area (Å²) in [5.41, 5.74) is 4.35. The summed E-state index contributed by atoms with van der Waals surface area (Å²) in [4.78, 5) is 9.13. The summed E-state index contributed by atoms with van der Waals surface area (Å²) < 4.78 is 2.11. The van der Waals surface area contributed by atoms with E-state index in [9.17, 15) is 5.11 Å². The molecular formula is C19H26N4O. The largest absolute Gasteiger partial charge is 0.395 e. The molecular weight excluding hydrogens is 300 g/mol. The monoisotopic (exact) mass is 326 g/mol. The van der Waals surface area contributed by atoms with E-state index >= 15 is 0 Å². The van der Waals surface area contributed by atoms with Gasteiger partial charge in [0.25, 0.3) is 0 Å². The quantitative estimate of drug-likeness (QED) is 0.930. The van der Waals surface area contributed by atoms with E-state index in [1.54, 1.807) is 0 Å². The van der Waals surface area contributed by atoms with E-state index in [0.29, 0.717) is 0 Å². The molecule has 5 heteroatoms. The maximum absolute atomic E-state index is 9.39. The first-order chi connectivity index (χ1) is 11.7. The Balaban J connectivity index is 1.49. The van der Waals surface area contributed by atoms with Gasteiger partial charge in [-0.1, -0.05) is 18.2 Å². The highest BCUT2D eigenvalue weighted by Crippen LogP contribution is 2.46. The minimum atomic E-state index is 0.219. The average molecular weight is 326 g/mol. The molecule has 1 aromatic carbocycles. The third-order valence-corrected chi connectivity index (χ3v) is 5.79. The number of aryl methyl sites for hydroxylation is 1. The Morgan fingerprint density at radius 2 is 2.00 bits per heavy atom. The number of nitrogens with zero attached hydrogens (tertiary/aromatic N) is 4. The van der Waals surface area contributed by atoms with Crippen LogP contribution in [0.5, 0.6) is 0 Å². The first kappa shape index (κ1) is 15.7. The van der Waals surface area contributed by atoms with Crippen LogP contribution in [0.2, 0.25) is 0 Å². The second-order valence-corrected chi connectivity index (χ2v) is 7.21. The standard InChI is InChI=1S/C19H26N4O/c1-21-15-20-12-16(21)13-22-8-6-19(7-9-22)14-23(10-11-24)18-5-3-2-4-17(18)19/h2-5,12,15,24H,6-11,13-14H2,1H3. The second kappa shape index (κ2) is 6.22. The lowest BCUT2D eigenvalue weighted by atomic mass is 9.74. The zero-order valence-electron chi connectivity index (χ0n) is 14.4. The van der Waals surface area contributed by atoms with Crippen LogP contribution in [-0.4, -0.2) is 52.3 Å². The second-order valence-electron chi connectivity index (χ2n) is 7.21. The van der Waals surface area contributed by atoms with Gasteiger partial charge in [0.2, 0.25) is 0 Å². The van der Waals surface area contributed by atoms with Crippen LogP contribution in [0.3, 0.4) is 0 Å². The summed E-state index contributed by atoms with van der Waals surface area (Å²) in [7, 11) is 2.06. The predicted molar refractivity (Wildman–Crippen MR) is 95.1 cm³/mol. The predicted octanol–water partition coefficient (Wildman–Crippen LogP) is 1.77. The van der Waals surface area contributed by atoms with Crippen molar-refractivity contribution in [3.8, 4) is 0 Å². The fourth-order valence-electron chi connectivity index (χ4n) is 4.39. The molecule has 0 aliphatic carbocycles. The Hall–Kier alpha value is -1.85. The molecule has 1 saturated heterocycles. The molecule has 1 spiro atoms. The molecule has 0 bridgehead atoms. The van der Waals surface area contributed by atoms with Gasteiger partial charge in [0.05, 0.1) is 18.6 Å². The molecule has 128 valence electrons. The molecule has 0 radical (unpaired) electrons. The van der Waals surface area contributed by atoms with Gasteiger partial charge in [0, 0.05) is 44.0 Å². The highest BCUT2D eigenvalue weighted by Gasteiger charge is 2.44. The number of likely N-dealkylation sites (tertiary alicyclic amines) is 1. The molecule has 3 heterocycles. The lowest BCUT2D eigenvalue weighted by Crippen LogP contribution is -2.45. The first-order valence-electron chi connectivity index (χ1n) is 8.85. The molecule has 1 fully saturated rings. The molecule has 2 aliphatic heterocycles. The molecule has 2 aliphatic rings. The van der Waals surface area contributed by atoms with Crippen LogP contribution in [0.15, 0.2) is 36.8 Å². The summed E-state index contributed by atoms with van der Waals surface area (Å²) in [5, 5.41) is 9.39. The summed E-state index contributed by atoms with van der Waals surface area (Å²) >= 11 is 0. The number of piperidine rings is 1. The highest BCUT2D eigenvalue weighted by molar-refractivity contribution is 5.62. The van der Waals surface area contributed by atoms with Crippen molar-refractivity contribution in [2.24, 2.45) is 7.05 Å². The van der Waals surface area contributed by atoms with Crippen LogP contribution >= 0.6 is 0 Å². The summed E-state index contributed by atoms with van der Waals surface area (Å²) in [6.45, 7) is 5.22. The van der Waals surface area contributed by atoms with Crippen LogP contribution in [0.4, 0.5) is 5.69 Å². The number of aliphatic hydroxyl groups excluding tert-OH is 1. The molecule has 4 rings (SSSR count). The van der Waals surface area contributed by atoms with Crippen LogP contribution < -0.4 is 4.90 Å². The van der Waals surface area contributed by atoms with Gasteiger partial charge in [0.1, 0.15) is 0 Å². The van der Waals surface area contributed by atoms with Gasteiger partial charge in [-0.2, -0.15) is 0 Å². The minimum absolute atomic E-state index is 0.219. The third kappa shape index (κ3) is 2.62. The fraction of sp³-hybridized carbons (Fsp3) is 0.526. The van der Waals surface area contributed by atoms with E-state index in [2.05, 4.69) is 50.7 Å². The number of hydrogen-bond acceptors (Lipinski definition) is 4. The number of aromatic nitrogens is 2. The molecule has 5 nitrogen and oxygen atoms in total. The smallest absolute Gasteiger partial charge is 0.0945 e. The maximum Gasteiger partial charge on any atom is 0.0945 e. The van der Waals surface area contributed by atoms with Crippen molar-refractivity contribution in [1.82, 2.24) is 14.5 Å². The van der Waals surface area contributed by atoms with Crippen LogP contribution in [0.25, 0.3) is 0 Å². The normalized spacial score (nSPS) is 19.8. The summed E-state index contributed by atoms with van der Waals surface area (Å²) in [5.74, 6) is 0. The van der Waals surface area contributed by atoms with E-state index in [1.165, 1.54) is 29.8 Å². The maximum atomic E-state index is 9.39. The number of aliphatic hydroxyl groups is 1. The number of benzene rings is 1. The lowest BCUT2D eigenvalue weighted by molar-refractivity contribution is 0.156. The number of para-hydroxylation sites is 1. The molecule has 0 unspecified atom stereocenters. The van der Waals surface area contributed by atoms with Crippen molar-refractivity contribution in [3.05, 3.63) is 48.0 Å². The van der Waals surface area contributed by atoms with E-state index in [0.717, 1.165) is 32.7 Å². The van der Waals surface area contributed by atoms with Gasteiger partial charge in [-0.25, -0.2) is 4.98 Å². The van der Waals surface area contributed by atoms with Crippen molar-refractivity contribution in [3.63, 3.8) is 0 Å².